The van der Waals surface area contributed by atoms with Crippen molar-refractivity contribution in [2.45, 2.75) is 27.3 Å². The molecule has 0 saturated carbocycles. The molecule has 3 rings (SSSR count). The van der Waals surface area contributed by atoms with Crippen molar-refractivity contribution in [3.05, 3.63) is 64.8 Å². The van der Waals surface area contributed by atoms with Crippen molar-refractivity contribution in [2.24, 2.45) is 5.92 Å². The van der Waals surface area contributed by atoms with Crippen molar-refractivity contribution in [1.29, 1.82) is 0 Å². The van der Waals surface area contributed by atoms with Gasteiger partial charge in [-0.05, 0) is 30.7 Å². The van der Waals surface area contributed by atoms with E-state index in [9.17, 15) is 9.59 Å². The molecule has 0 bridgehead atoms. The van der Waals surface area contributed by atoms with Crippen LogP contribution in [0.3, 0.4) is 0 Å². The van der Waals surface area contributed by atoms with Gasteiger partial charge in [0.25, 0.3) is 0 Å². The van der Waals surface area contributed by atoms with Crippen molar-refractivity contribution in [3.63, 3.8) is 0 Å². The van der Waals surface area contributed by atoms with Gasteiger partial charge in [-0.3, -0.25) is 9.59 Å². The van der Waals surface area contributed by atoms with E-state index in [1.807, 2.05) is 61.7 Å². The lowest BCUT2D eigenvalue weighted by molar-refractivity contribution is -0.116. The van der Waals surface area contributed by atoms with Gasteiger partial charge in [-0.15, -0.1) is 0 Å². The summed E-state index contributed by atoms with van der Waals surface area (Å²) in [5.74, 6) is -0.197. The zero-order valence-electron chi connectivity index (χ0n) is 15.0. The average molecular weight is 369 g/mol. The van der Waals surface area contributed by atoms with Crippen LogP contribution in [0.1, 0.15) is 29.8 Å². The van der Waals surface area contributed by atoms with E-state index in [0.29, 0.717) is 16.3 Å². The number of rotatable bonds is 5. The summed E-state index contributed by atoms with van der Waals surface area (Å²) in [5.41, 5.74) is 3.13. The smallest absolute Gasteiger partial charge is 0.244 e. The molecule has 0 aliphatic carbocycles. The standard InChI is InChI=1S/C21H21ClN2O2/c1-13(2)21(26)17-11-24(19-7-5-4-6-16(17)19)12-20(25)23-15-9-8-14(3)18(22)10-15/h4-11,13H,12H2,1-3H3,(H,23,25). The Morgan fingerprint density at radius 1 is 1.15 bits per heavy atom. The summed E-state index contributed by atoms with van der Waals surface area (Å²) in [4.78, 5) is 25.0. The molecule has 0 unspecified atom stereocenters. The van der Waals surface area contributed by atoms with Gasteiger partial charge in [0, 0.05) is 39.3 Å². The molecule has 0 atom stereocenters. The Hall–Kier alpha value is -2.59. The minimum Gasteiger partial charge on any atom is -0.337 e. The summed E-state index contributed by atoms with van der Waals surface area (Å²) < 4.78 is 1.82. The number of carbonyl (C=O) groups is 2. The maximum atomic E-state index is 12.5. The lowest BCUT2D eigenvalue weighted by Gasteiger charge is -2.08. The Kier molecular flexibility index (Phi) is 5.14. The molecule has 0 fully saturated rings. The van der Waals surface area contributed by atoms with Gasteiger partial charge in [0.05, 0.1) is 0 Å². The van der Waals surface area contributed by atoms with Crippen LogP contribution in [-0.4, -0.2) is 16.3 Å². The van der Waals surface area contributed by atoms with Gasteiger partial charge in [0.2, 0.25) is 5.91 Å². The number of fused-ring (bicyclic) bond motifs is 1. The lowest BCUT2D eigenvalue weighted by Crippen LogP contribution is -2.18. The number of anilines is 1. The number of hydrogen-bond donors (Lipinski definition) is 1. The van der Waals surface area contributed by atoms with Gasteiger partial charge in [-0.25, -0.2) is 0 Å². The third-order valence-electron chi connectivity index (χ3n) is 4.35. The number of carbonyl (C=O) groups excluding carboxylic acids is 2. The normalized spacial score (nSPS) is 11.1. The van der Waals surface area contributed by atoms with Crippen LogP contribution in [0, 0.1) is 12.8 Å². The Bertz CT molecular complexity index is 989. The number of ketones is 1. The molecule has 1 amide bonds. The number of nitrogens with zero attached hydrogens (tertiary/aromatic N) is 1. The van der Waals surface area contributed by atoms with Crippen LogP contribution in [-0.2, 0) is 11.3 Å². The monoisotopic (exact) mass is 368 g/mol. The van der Waals surface area contributed by atoms with E-state index in [1.165, 1.54) is 0 Å². The van der Waals surface area contributed by atoms with Crippen LogP contribution in [0.2, 0.25) is 5.02 Å². The van der Waals surface area contributed by atoms with E-state index in [-0.39, 0.29) is 24.2 Å². The second-order valence-corrected chi connectivity index (χ2v) is 7.13. The van der Waals surface area contributed by atoms with Crippen molar-refractivity contribution >= 4 is 39.9 Å². The summed E-state index contributed by atoms with van der Waals surface area (Å²) in [6, 6.07) is 13.1. The quantitative estimate of drug-likeness (QED) is 0.638. The average Bonchev–Trinajstić information content (AvgIpc) is 2.96. The van der Waals surface area contributed by atoms with Gasteiger partial charge in [-0.1, -0.05) is 49.7 Å². The Balaban J connectivity index is 1.87. The molecule has 4 nitrogen and oxygen atoms in total. The summed E-state index contributed by atoms with van der Waals surface area (Å²) >= 11 is 6.11. The number of benzene rings is 2. The highest BCUT2D eigenvalue weighted by molar-refractivity contribution is 6.31. The second kappa shape index (κ2) is 7.34. The predicted octanol–water partition coefficient (Wildman–Crippen LogP) is 5.08. The highest BCUT2D eigenvalue weighted by Crippen LogP contribution is 2.24. The maximum Gasteiger partial charge on any atom is 0.244 e. The first-order valence-corrected chi connectivity index (χ1v) is 8.92. The van der Waals surface area contributed by atoms with Gasteiger partial charge < -0.3 is 9.88 Å². The number of para-hydroxylation sites is 1. The number of halogens is 1. The van der Waals surface area contributed by atoms with Crippen molar-refractivity contribution in [2.75, 3.05) is 5.32 Å². The number of aryl methyl sites for hydroxylation is 1. The summed E-state index contributed by atoms with van der Waals surface area (Å²) in [7, 11) is 0. The fourth-order valence-electron chi connectivity index (χ4n) is 2.91. The van der Waals surface area contributed by atoms with E-state index in [1.54, 1.807) is 12.3 Å². The van der Waals surface area contributed by atoms with E-state index in [2.05, 4.69) is 5.32 Å². The van der Waals surface area contributed by atoms with Crippen molar-refractivity contribution in [1.82, 2.24) is 4.57 Å². The number of nitrogens with one attached hydrogen (secondary N) is 1. The highest BCUT2D eigenvalue weighted by Gasteiger charge is 2.18. The van der Waals surface area contributed by atoms with Crippen molar-refractivity contribution < 1.29 is 9.59 Å². The van der Waals surface area contributed by atoms with Crippen LogP contribution < -0.4 is 5.32 Å². The molecule has 1 N–H and O–H groups in total. The molecule has 2 aromatic carbocycles. The molecule has 1 aromatic heterocycles. The lowest BCUT2D eigenvalue weighted by atomic mass is 10.0. The fourth-order valence-corrected chi connectivity index (χ4v) is 3.09. The van der Waals surface area contributed by atoms with E-state index < -0.39 is 0 Å². The zero-order chi connectivity index (χ0) is 18.8. The molecule has 0 saturated heterocycles. The molecule has 0 aliphatic heterocycles. The minimum absolute atomic E-state index is 0.0747. The van der Waals surface area contributed by atoms with Crippen LogP contribution in [0.4, 0.5) is 5.69 Å². The number of hydrogen-bond acceptors (Lipinski definition) is 2. The first kappa shape index (κ1) is 18.2. The molecule has 3 aromatic rings. The Morgan fingerprint density at radius 2 is 1.88 bits per heavy atom. The van der Waals surface area contributed by atoms with Gasteiger partial charge in [0.1, 0.15) is 6.54 Å². The van der Waals surface area contributed by atoms with Gasteiger partial charge in [0.15, 0.2) is 5.78 Å². The number of Topliss-reactive ketones (excluding diaryl/α,β-unsaturated/α-hetero) is 1. The molecular weight excluding hydrogens is 348 g/mol. The molecule has 1 heterocycles. The molecule has 0 radical (unpaired) electrons. The SMILES string of the molecule is Cc1ccc(NC(=O)Cn2cc(C(=O)C(C)C)c3ccccc32)cc1Cl. The largest absolute Gasteiger partial charge is 0.337 e. The minimum atomic E-state index is -0.172. The van der Waals surface area contributed by atoms with Crippen LogP contribution in [0.5, 0.6) is 0 Å². The Morgan fingerprint density at radius 3 is 2.58 bits per heavy atom. The predicted molar refractivity (Wildman–Crippen MR) is 106 cm³/mol. The Labute approximate surface area is 157 Å². The molecule has 0 spiro atoms. The van der Waals surface area contributed by atoms with Crippen LogP contribution >= 0.6 is 11.6 Å². The summed E-state index contributed by atoms with van der Waals surface area (Å²) in [6.07, 6.45) is 1.77. The maximum absolute atomic E-state index is 12.5. The van der Waals surface area contributed by atoms with Gasteiger partial charge in [-0.2, -0.15) is 0 Å². The molecule has 134 valence electrons. The first-order valence-electron chi connectivity index (χ1n) is 8.55. The summed E-state index contributed by atoms with van der Waals surface area (Å²) in [5, 5.41) is 4.34. The molecule has 0 aliphatic rings. The van der Waals surface area contributed by atoms with E-state index >= 15 is 0 Å². The topological polar surface area (TPSA) is 51.1 Å². The van der Waals surface area contributed by atoms with Crippen molar-refractivity contribution in [3.8, 4) is 0 Å². The van der Waals surface area contributed by atoms with Crippen LogP contribution in [0.25, 0.3) is 10.9 Å². The molecular formula is C21H21ClN2O2. The number of amides is 1. The number of aromatic nitrogens is 1. The van der Waals surface area contributed by atoms with Gasteiger partial charge >= 0.3 is 0 Å². The van der Waals surface area contributed by atoms with E-state index in [4.69, 9.17) is 11.6 Å². The second-order valence-electron chi connectivity index (χ2n) is 6.72. The summed E-state index contributed by atoms with van der Waals surface area (Å²) in [6.45, 7) is 5.79. The molecule has 5 heteroatoms. The molecule has 26 heavy (non-hydrogen) atoms. The third kappa shape index (κ3) is 3.65. The van der Waals surface area contributed by atoms with Crippen LogP contribution in [0.15, 0.2) is 48.7 Å². The highest BCUT2D eigenvalue weighted by atomic mass is 35.5. The van der Waals surface area contributed by atoms with E-state index in [0.717, 1.165) is 16.5 Å². The fraction of sp³-hybridized carbons (Fsp3) is 0.238. The third-order valence-corrected chi connectivity index (χ3v) is 4.76. The zero-order valence-corrected chi connectivity index (χ0v) is 15.8. The first-order chi connectivity index (χ1) is 12.4.